The number of allylic oxidation sites excluding steroid dienone is 2. The summed E-state index contributed by atoms with van der Waals surface area (Å²) in [6.45, 7) is 15.9. The fraction of sp³-hybridized carbons (Fsp3) is 0.938. The van der Waals surface area contributed by atoms with E-state index in [0.717, 1.165) is 25.7 Å². The van der Waals surface area contributed by atoms with E-state index in [2.05, 4.69) is 47.6 Å². The first-order valence-electron chi connectivity index (χ1n) is 24.4. The van der Waals surface area contributed by atoms with Gasteiger partial charge in [-0.25, -0.2) is 0 Å². The highest BCUT2D eigenvalue weighted by atomic mass is 16.8. The van der Waals surface area contributed by atoms with Crippen molar-refractivity contribution < 1.29 is 89.4 Å². The first kappa shape index (κ1) is 50.9. The molecule has 0 amide bonds. The average Bonchev–Trinajstić information content (AvgIpc) is 3.27. The van der Waals surface area contributed by atoms with Crippen molar-refractivity contribution in [2.75, 3.05) is 13.2 Å². The van der Waals surface area contributed by atoms with E-state index in [9.17, 15) is 61.0 Å². The topological polar surface area (TPSA) is 295 Å². The van der Waals surface area contributed by atoms with Crippen LogP contribution in [0.1, 0.15) is 107 Å². The second-order valence-corrected chi connectivity index (χ2v) is 23.0. The van der Waals surface area contributed by atoms with Gasteiger partial charge in [-0.3, -0.25) is 4.79 Å². The van der Waals surface area contributed by atoms with Gasteiger partial charge in [0.1, 0.15) is 67.1 Å². The van der Waals surface area contributed by atoms with Crippen LogP contribution in [-0.2, 0) is 33.2 Å². The van der Waals surface area contributed by atoms with Crippen LogP contribution in [0.2, 0.25) is 0 Å². The molecule has 378 valence electrons. The van der Waals surface area contributed by atoms with Gasteiger partial charge < -0.3 is 84.6 Å². The van der Waals surface area contributed by atoms with Gasteiger partial charge >= 0.3 is 5.97 Å². The maximum absolute atomic E-state index is 13.8. The van der Waals surface area contributed by atoms with E-state index in [1.54, 1.807) is 0 Å². The Morgan fingerprint density at radius 3 is 1.86 bits per heavy atom. The number of ether oxygens (including phenoxy) is 6. The van der Waals surface area contributed by atoms with Crippen LogP contribution in [0.25, 0.3) is 0 Å². The molecule has 0 bridgehead atoms. The zero-order valence-corrected chi connectivity index (χ0v) is 39.6. The van der Waals surface area contributed by atoms with Crippen molar-refractivity contribution in [2.45, 2.75) is 211 Å². The molecule has 0 radical (unpaired) electrons. The minimum atomic E-state index is -1.68. The van der Waals surface area contributed by atoms with Gasteiger partial charge in [-0.2, -0.15) is 0 Å². The number of carboxylic acid groups (broad SMARTS) is 1. The Balaban J connectivity index is 1.03. The number of aliphatic hydroxyl groups is 10. The Morgan fingerprint density at radius 1 is 0.652 bits per heavy atom. The molecular weight excluding hydrogens is 865 g/mol. The molecule has 8 aliphatic rings. The van der Waals surface area contributed by atoms with Gasteiger partial charge in [-0.15, -0.1) is 0 Å². The molecule has 66 heavy (non-hydrogen) atoms. The summed E-state index contributed by atoms with van der Waals surface area (Å²) in [6, 6.07) is 0. The Labute approximate surface area is 387 Å². The lowest BCUT2D eigenvalue weighted by Crippen LogP contribution is -2.67. The Kier molecular flexibility index (Phi) is 13.9. The van der Waals surface area contributed by atoms with E-state index in [4.69, 9.17) is 28.4 Å². The fourth-order valence-corrected chi connectivity index (χ4v) is 15.4. The smallest absolute Gasteiger partial charge is 0.310 e. The highest BCUT2D eigenvalue weighted by Crippen LogP contribution is 2.76. The van der Waals surface area contributed by atoms with E-state index < -0.39 is 134 Å². The number of carbonyl (C=O) groups is 1. The zero-order chi connectivity index (χ0) is 48.4. The standard InChI is InChI=1S/C48H78O18/c1-20-21(2)30-23-9-10-28-45(6)13-12-29(65-42-39(36(56)33(53)26(19-50)64-42)66-40-37(57)34(54)31(51)22(3)61-40)44(4,5)27(45)11-14-47(28,8)46(23,7)15-16-48(30,43(59)60)17-24(20)62-41-38(58)35(55)32(52)25(18-49)63-41/h9,20-22,24-42,49-58H,10-19H2,1-8H3,(H,59,60)/t20-,21-,22+,24+,25+,26+,27-,28-,29-,30-,31+,32+,33-,34-,35+,36+,37+,38+,39-,40+,41+,42+,45-,46+,47-,48-/m0/s1. The van der Waals surface area contributed by atoms with Crippen molar-refractivity contribution in [1.29, 1.82) is 0 Å². The summed E-state index contributed by atoms with van der Waals surface area (Å²) < 4.78 is 36.8. The van der Waals surface area contributed by atoms with Crippen LogP contribution < -0.4 is 0 Å². The van der Waals surface area contributed by atoms with Gasteiger partial charge in [0.05, 0.1) is 36.9 Å². The molecule has 4 saturated carbocycles. The van der Waals surface area contributed by atoms with Crippen LogP contribution in [0.15, 0.2) is 11.6 Å². The quantitative estimate of drug-likeness (QED) is 0.111. The van der Waals surface area contributed by atoms with Crippen LogP contribution in [0.5, 0.6) is 0 Å². The zero-order valence-electron chi connectivity index (χ0n) is 39.6. The van der Waals surface area contributed by atoms with Crippen LogP contribution in [0.3, 0.4) is 0 Å². The van der Waals surface area contributed by atoms with Gasteiger partial charge in [0.15, 0.2) is 18.9 Å². The molecule has 0 unspecified atom stereocenters. The van der Waals surface area contributed by atoms with Gasteiger partial charge in [-0.1, -0.05) is 60.1 Å². The molecule has 0 aromatic carbocycles. The lowest BCUT2D eigenvalue weighted by atomic mass is 9.33. The minimum Gasteiger partial charge on any atom is -0.481 e. The van der Waals surface area contributed by atoms with Crippen molar-refractivity contribution in [3.63, 3.8) is 0 Å². The van der Waals surface area contributed by atoms with Gasteiger partial charge in [0, 0.05) is 0 Å². The molecule has 0 aromatic heterocycles. The van der Waals surface area contributed by atoms with E-state index in [-0.39, 0.29) is 52.3 Å². The molecular formula is C48H78O18. The predicted molar refractivity (Wildman–Crippen MR) is 230 cm³/mol. The monoisotopic (exact) mass is 943 g/mol. The minimum absolute atomic E-state index is 0.151. The van der Waals surface area contributed by atoms with Crippen molar-refractivity contribution in [3.8, 4) is 0 Å². The van der Waals surface area contributed by atoms with E-state index >= 15 is 0 Å². The summed E-state index contributed by atoms with van der Waals surface area (Å²) in [5.74, 6) is -1.12. The van der Waals surface area contributed by atoms with Crippen LogP contribution in [0.4, 0.5) is 0 Å². The molecule has 26 atom stereocenters. The predicted octanol–water partition coefficient (Wildman–Crippen LogP) is 0.561. The highest BCUT2D eigenvalue weighted by molar-refractivity contribution is 5.77. The lowest BCUT2D eigenvalue weighted by molar-refractivity contribution is -0.376. The molecule has 3 heterocycles. The lowest BCUT2D eigenvalue weighted by Gasteiger charge is -2.71. The number of fused-ring (bicyclic) bond motifs is 7. The number of aliphatic carboxylic acids is 1. The third kappa shape index (κ3) is 7.61. The average molecular weight is 943 g/mol. The summed E-state index contributed by atoms with van der Waals surface area (Å²) in [6.07, 6.45) is -15.0. The molecule has 7 fully saturated rings. The normalized spacial score (nSPS) is 55.9. The first-order chi connectivity index (χ1) is 30.8. The van der Waals surface area contributed by atoms with Crippen molar-refractivity contribution >= 4 is 5.97 Å². The highest BCUT2D eigenvalue weighted by Gasteiger charge is 2.71. The maximum atomic E-state index is 13.8. The molecule has 3 saturated heterocycles. The molecule has 18 nitrogen and oxygen atoms in total. The van der Waals surface area contributed by atoms with Crippen LogP contribution >= 0.6 is 0 Å². The Morgan fingerprint density at radius 2 is 1.24 bits per heavy atom. The summed E-state index contributed by atoms with van der Waals surface area (Å²) in [5, 5.41) is 117. The van der Waals surface area contributed by atoms with E-state index in [1.807, 2.05) is 6.92 Å². The Hall–Kier alpha value is -1.43. The molecule has 18 heteroatoms. The third-order valence-corrected chi connectivity index (χ3v) is 19.8. The molecule has 0 aromatic rings. The van der Waals surface area contributed by atoms with Crippen molar-refractivity contribution in [3.05, 3.63) is 11.6 Å². The summed E-state index contributed by atoms with van der Waals surface area (Å²) >= 11 is 0. The number of carboxylic acids is 1. The first-order valence-corrected chi connectivity index (χ1v) is 24.4. The van der Waals surface area contributed by atoms with Crippen LogP contribution in [0, 0.1) is 56.7 Å². The van der Waals surface area contributed by atoms with Gasteiger partial charge in [-0.05, 0) is 110 Å². The molecule has 8 rings (SSSR count). The van der Waals surface area contributed by atoms with Crippen molar-refractivity contribution in [2.24, 2.45) is 56.7 Å². The SMILES string of the molecule is C[C@H]1[C@H](C)[C@H](O[C@@H]2O[C@H](CO)[C@@H](O)[C@@H](O)[C@H]2O)C[C@@]2(C(=O)O)CC[C@]3(C)C(=CC[C@H]4[C@@]5(C)CC[C@H](O[C@H]6O[C@H](CO)[C@H](O)[C@@H](O)[C@@H]6O[C@H]6O[C@H](C)[C@@H](O)[C@H](O)[C@H]6O)C(C)(C)[C@@H]5CC[C@@]43C)[C@H]12. The second-order valence-electron chi connectivity index (χ2n) is 23.0. The summed E-state index contributed by atoms with van der Waals surface area (Å²) in [4.78, 5) is 13.8. The maximum Gasteiger partial charge on any atom is 0.310 e. The number of aliphatic hydroxyl groups excluding tert-OH is 10. The largest absolute Gasteiger partial charge is 0.481 e. The second kappa shape index (κ2) is 18.0. The van der Waals surface area contributed by atoms with Gasteiger partial charge in [0.25, 0.3) is 0 Å². The van der Waals surface area contributed by atoms with Crippen LogP contribution in [-0.4, -0.2) is 180 Å². The molecule has 11 N–H and O–H groups in total. The fourth-order valence-electron chi connectivity index (χ4n) is 15.4. The summed E-state index contributed by atoms with van der Waals surface area (Å²) in [5.41, 5.74) is -1.13. The number of hydrogen-bond donors (Lipinski definition) is 11. The van der Waals surface area contributed by atoms with E-state index in [1.165, 1.54) is 12.5 Å². The molecule has 0 spiro atoms. The van der Waals surface area contributed by atoms with Crippen molar-refractivity contribution in [1.82, 2.24) is 0 Å². The number of rotatable bonds is 9. The molecule has 3 aliphatic heterocycles. The molecule has 5 aliphatic carbocycles. The van der Waals surface area contributed by atoms with E-state index in [0.29, 0.717) is 19.3 Å². The number of hydrogen-bond acceptors (Lipinski definition) is 17. The third-order valence-electron chi connectivity index (χ3n) is 19.8. The Bertz CT molecular complexity index is 1800. The van der Waals surface area contributed by atoms with Gasteiger partial charge in [0.2, 0.25) is 0 Å². The summed E-state index contributed by atoms with van der Waals surface area (Å²) in [7, 11) is 0.